The molecule has 0 N–H and O–H groups in total. The molecule has 4 nitrogen and oxygen atoms in total. The lowest BCUT2D eigenvalue weighted by Crippen LogP contribution is -2.18. The Bertz CT molecular complexity index is 255. The molecule has 1 rings (SSSR count). The third-order valence-corrected chi connectivity index (χ3v) is 2.74. The van der Waals surface area contributed by atoms with Crippen molar-refractivity contribution in [3.05, 3.63) is 12.2 Å². The second kappa shape index (κ2) is 4.02. The van der Waals surface area contributed by atoms with Crippen LogP contribution in [-0.4, -0.2) is 27.1 Å². The number of ether oxygens (including phenoxy) is 1. The van der Waals surface area contributed by atoms with Crippen LogP contribution in [-0.2, 0) is 19.0 Å². The van der Waals surface area contributed by atoms with Crippen molar-refractivity contribution < 1.29 is 17.3 Å². The van der Waals surface area contributed by atoms with E-state index in [2.05, 4.69) is 0 Å². The quantitative estimate of drug-likeness (QED) is 0.485. The first-order chi connectivity index (χ1) is 5.64. The highest BCUT2D eigenvalue weighted by molar-refractivity contribution is 7.86. The summed E-state index contributed by atoms with van der Waals surface area (Å²) in [6, 6.07) is 0. The molecule has 1 aliphatic rings. The van der Waals surface area contributed by atoms with E-state index in [1.807, 2.05) is 0 Å². The van der Waals surface area contributed by atoms with Crippen molar-refractivity contribution in [1.82, 2.24) is 0 Å². The van der Waals surface area contributed by atoms with E-state index in [9.17, 15) is 8.42 Å². The highest BCUT2D eigenvalue weighted by Crippen LogP contribution is 2.09. The third-order valence-electron chi connectivity index (χ3n) is 1.35. The second-order valence-corrected chi connectivity index (χ2v) is 4.20. The van der Waals surface area contributed by atoms with E-state index >= 15 is 0 Å². The highest BCUT2D eigenvalue weighted by Gasteiger charge is 2.18. The van der Waals surface area contributed by atoms with Crippen LogP contribution in [0.3, 0.4) is 0 Å². The first-order valence-corrected chi connectivity index (χ1v) is 5.41. The molecular weight excluding hydrogens is 180 g/mol. The summed E-state index contributed by atoms with van der Waals surface area (Å²) < 4.78 is 31.7. The van der Waals surface area contributed by atoms with Gasteiger partial charge in [0.05, 0.1) is 12.4 Å². The van der Waals surface area contributed by atoms with Crippen LogP contribution in [0.1, 0.15) is 13.3 Å². The number of rotatable bonds is 4. The Kier molecular flexibility index (Phi) is 3.25. The summed E-state index contributed by atoms with van der Waals surface area (Å²) in [7, 11) is -3.39. The van der Waals surface area contributed by atoms with E-state index in [-0.39, 0.29) is 5.75 Å². The van der Waals surface area contributed by atoms with Crippen molar-refractivity contribution in [2.45, 2.75) is 19.6 Å². The fourth-order valence-electron chi connectivity index (χ4n) is 0.875. The van der Waals surface area contributed by atoms with Gasteiger partial charge in [0.15, 0.2) is 6.29 Å². The van der Waals surface area contributed by atoms with Crippen molar-refractivity contribution in [3.8, 4) is 0 Å². The van der Waals surface area contributed by atoms with Gasteiger partial charge < -0.3 is 4.74 Å². The Balaban J connectivity index is 2.44. The molecule has 0 spiro atoms. The summed E-state index contributed by atoms with van der Waals surface area (Å²) in [6.45, 7) is 2.21. The zero-order valence-electron chi connectivity index (χ0n) is 6.89. The van der Waals surface area contributed by atoms with Crippen LogP contribution >= 0.6 is 0 Å². The molecular formula is C7H12O4S. The van der Waals surface area contributed by atoms with Crippen molar-refractivity contribution in [3.63, 3.8) is 0 Å². The minimum absolute atomic E-state index is 0.0424. The Morgan fingerprint density at radius 2 is 2.42 bits per heavy atom. The van der Waals surface area contributed by atoms with Gasteiger partial charge in [-0.3, -0.25) is 0 Å². The molecule has 0 radical (unpaired) electrons. The van der Waals surface area contributed by atoms with E-state index in [0.29, 0.717) is 13.0 Å². The monoisotopic (exact) mass is 192 g/mol. The average Bonchev–Trinajstić information content (AvgIpc) is 2.38. The van der Waals surface area contributed by atoms with Crippen LogP contribution < -0.4 is 0 Å². The lowest BCUT2D eigenvalue weighted by Gasteiger charge is -2.08. The van der Waals surface area contributed by atoms with Gasteiger partial charge in [0.2, 0.25) is 0 Å². The molecule has 0 aromatic rings. The third kappa shape index (κ3) is 2.92. The molecule has 0 aliphatic carbocycles. The summed E-state index contributed by atoms with van der Waals surface area (Å²) in [5, 5.41) is 0. The van der Waals surface area contributed by atoms with Crippen LogP contribution in [0.5, 0.6) is 0 Å². The summed E-state index contributed by atoms with van der Waals surface area (Å²) in [4.78, 5) is 0. The molecule has 0 aromatic heterocycles. The van der Waals surface area contributed by atoms with Gasteiger partial charge in [0.1, 0.15) is 0 Å². The smallest absolute Gasteiger partial charge is 0.270 e. The molecule has 0 fully saturated rings. The van der Waals surface area contributed by atoms with Crippen molar-refractivity contribution >= 4 is 10.1 Å². The molecule has 1 atom stereocenters. The fraction of sp³-hybridized carbons (Fsp3) is 0.714. The Morgan fingerprint density at radius 1 is 1.67 bits per heavy atom. The zero-order valence-corrected chi connectivity index (χ0v) is 7.71. The number of hydrogen-bond acceptors (Lipinski definition) is 4. The largest absolute Gasteiger partial charge is 0.344 e. The van der Waals surface area contributed by atoms with Gasteiger partial charge in [0.25, 0.3) is 10.1 Å². The van der Waals surface area contributed by atoms with Crippen LogP contribution in [0.15, 0.2) is 12.2 Å². The maximum absolute atomic E-state index is 11.1. The van der Waals surface area contributed by atoms with E-state index < -0.39 is 16.4 Å². The van der Waals surface area contributed by atoms with Gasteiger partial charge in [-0.05, 0) is 12.5 Å². The maximum Gasteiger partial charge on any atom is 0.270 e. The summed E-state index contributed by atoms with van der Waals surface area (Å²) in [5.74, 6) is 0.0424. The molecule has 0 amide bonds. The van der Waals surface area contributed by atoms with Crippen molar-refractivity contribution in [1.29, 1.82) is 0 Å². The van der Waals surface area contributed by atoms with Crippen LogP contribution in [0.25, 0.3) is 0 Å². The second-order valence-electron chi connectivity index (χ2n) is 2.49. The van der Waals surface area contributed by atoms with Gasteiger partial charge in [0, 0.05) is 0 Å². The molecule has 70 valence electrons. The molecule has 1 aliphatic heterocycles. The van der Waals surface area contributed by atoms with Gasteiger partial charge >= 0.3 is 0 Å². The summed E-state index contributed by atoms with van der Waals surface area (Å²) in [5.41, 5.74) is 0. The van der Waals surface area contributed by atoms with E-state index in [0.717, 1.165) is 0 Å². The first-order valence-electron chi connectivity index (χ1n) is 3.83. The molecule has 0 aromatic carbocycles. The molecule has 1 unspecified atom stereocenters. The van der Waals surface area contributed by atoms with Crippen LogP contribution in [0, 0.1) is 0 Å². The molecule has 12 heavy (non-hydrogen) atoms. The minimum Gasteiger partial charge on any atom is -0.344 e. The normalized spacial score (nSPS) is 23.2. The topological polar surface area (TPSA) is 52.6 Å². The first kappa shape index (κ1) is 9.70. The standard InChI is InChI=1S/C7H12O4S/c1-2-6-12(8,9)11-7-4-3-5-10-7/h3-4,7H,2,5-6H2,1H3. The van der Waals surface area contributed by atoms with Gasteiger partial charge in [-0.15, -0.1) is 0 Å². The number of hydrogen-bond donors (Lipinski definition) is 0. The lowest BCUT2D eigenvalue weighted by molar-refractivity contribution is -0.0144. The molecule has 0 saturated carbocycles. The molecule has 5 heteroatoms. The maximum atomic E-state index is 11.1. The van der Waals surface area contributed by atoms with E-state index in [1.165, 1.54) is 0 Å². The fourth-order valence-corrected chi connectivity index (χ4v) is 1.88. The SMILES string of the molecule is CCCS(=O)(=O)OC1C=CCO1. The van der Waals surface area contributed by atoms with Crippen LogP contribution in [0.2, 0.25) is 0 Å². The highest BCUT2D eigenvalue weighted by atomic mass is 32.2. The minimum atomic E-state index is -3.39. The van der Waals surface area contributed by atoms with Crippen molar-refractivity contribution in [2.24, 2.45) is 0 Å². The van der Waals surface area contributed by atoms with E-state index in [4.69, 9.17) is 8.92 Å². The zero-order chi connectivity index (χ0) is 9.03. The Hall–Kier alpha value is -0.390. The lowest BCUT2D eigenvalue weighted by atomic mass is 10.6. The van der Waals surface area contributed by atoms with Crippen LogP contribution in [0.4, 0.5) is 0 Å². The Labute approximate surface area is 72.3 Å². The summed E-state index contributed by atoms with van der Waals surface area (Å²) >= 11 is 0. The van der Waals surface area contributed by atoms with Gasteiger partial charge in [-0.2, -0.15) is 8.42 Å². The van der Waals surface area contributed by atoms with Gasteiger partial charge in [-0.25, -0.2) is 4.18 Å². The van der Waals surface area contributed by atoms with E-state index in [1.54, 1.807) is 19.1 Å². The molecule has 0 bridgehead atoms. The predicted molar refractivity (Wildman–Crippen MR) is 44.0 cm³/mol. The Morgan fingerprint density at radius 3 is 2.92 bits per heavy atom. The molecule has 1 heterocycles. The summed E-state index contributed by atoms with van der Waals surface area (Å²) in [6.07, 6.45) is 3.17. The molecule has 0 saturated heterocycles. The van der Waals surface area contributed by atoms with Crippen molar-refractivity contribution in [2.75, 3.05) is 12.4 Å². The van der Waals surface area contributed by atoms with Gasteiger partial charge in [-0.1, -0.05) is 13.0 Å². The predicted octanol–water partition coefficient (Wildman–Crippen LogP) is 0.655. The average molecular weight is 192 g/mol.